The lowest BCUT2D eigenvalue weighted by atomic mass is 9.97. The van der Waals surface area contributed by atoms with Gasteiger partial charge >= 0.3 is 17.9 Å². The molecule has 0 radical (unpaired) electrons. The number of hydrogen-bond donors (Lipinski definition) is 3. The first-order valence-electron chi connectivity index (χ1n) is 10.3. The lowest BCUT2D eigenvalue weighted by molar-refractivity contribution is -0.138. The third-order valence-electron chi connectivity index (χ3n) is 3.92. The number of halogens is 6. The molecule has 12 heteroatoms. The molecular weight excluding hydrogens is 549 g/mol. The van der Waals surface area contributed by atoms with Crippen LogP contribution in [0.2, 0.25) is 0 Å². The highest BCUT2D eigenvalue weighted by atomic mass is 35.5. The van der Waals surface area contributed by atoms with Crippen LogP contribution in [0.1, 0.15) is 72.1 Å². The highest BCUT2D eigenvalue weighted by Crippen LogP contribution is 2.39. The first-order chi connectivity index (χ1) is 14.8. The summed E-state index contributed by atoms with van der Waals surface area (Å²) in [5.41, 5.74) is 0. The highest BCUT2D eigenvalue weighted by Gasteiger charge is 2.46. The molecule has 0 aromatic rings. The van der Waals surface area contributed by atoms with Crippen molar-refractivity contribution in [2.24, 2.45) is 0 Å². The molecule has 0 aromatic heterocycles. The van der Waals surface area contributed by atoms with E-state index in [1.165, 1.54) is 19.3 Å². The van der Waals surface area contributed by atoms with Gasteiger partial charge in [-0.25, -0.2) is 0 Å². The third-order valence-corrected chi connectivity index (χ3v) is 7.96. The zero-order valence-electron chi connectivity index (χ0n) is 18.5. The van der Waals surface area contributed by atoms with Crippen molar-refractivity contribution < 1.29 is 29.7 Å². The van der Waals surface area contributed by atoms with E-state index >= 15 is 0 Å². The molecule has 0 aromatic carbocycles. The van der Waals surface area contributed by atoms with Crippen LogP contribution in [0.25, 0.3) is 0 Å². The van der Waals surface area contributed by atoms with E-state index < -0.39 is 50.2 Å². The zero-order valence-corrected chi connectivity index (χ0v) is 23.0. The van der Waals surface area contributed by atoms with Crippen molar-refractivity contribution in [2.75, 3.05) is 0 Å². The molecule has 1 aliphatic carbocycles. The van der Waals surface area contributed by atoms with E-state index in [0.717, 1.165) is 12.8 Å². The molecule has 0 heterocycles. The monoisotopic (exact) mass is 580 g/mol. The predicted octanol–water partition coefficient (Wildman–Crippen LogP) is 7.04. The van der Waals surface area contributed by atoms with Gasteiger partial charge in [-0.15, -0.1) is 69.6 Å². The summed E-state index contributed by atoms with van der Waals surface area (Å²) in [5, 5.41) is 21.1. The van der Waals surface area contributed by atoms with Crippen LogP contribution in [-0.4, -0.2) is 65.5 Å². The number of unbranched alkanes of at least 4 members (excludes halogenated alkanes) is 4. The standard InChI is InChI=1S/C8H16O2.C6H6Cl6.2C3H6O2/c1-2-3-4-5-6-7-8(9)10;7-1-2(8)4(10)6(12)5(11)3(1)9;2*1-2-3(4)5/h2-7H2,1H3,(H,9,10);1-6H;2*2H2,1H3,(H,4,5). The third kappa shape index (κ3) is 20.7. The van der Waals surface area contributed by atoms with Crippen molar-refractivity contribution in [3.63, 3.8) is 0 Å². The summed E-state index contributed by atoms with van der Waals surface area (Å²) in [7, 11) is 0. The topological polar surface area (TPSA) is 112 Å². The maximum atomic E-state index is 10.0. The molecule has 0 amide bonds. The first-order valence-corrected chi connectivity index (χ1v) is 12.9. The van der Waals surface area contributed by atoms with Crippen molar-refractivity contribution in [1.29, 1.82) is 0 Å². The van der Waals surface area contributed by atoms with Gasteiger partial charge in [-0.05, 0) is 6.42 Å². The quantitative estimate of drug-likeness (QED) is 0.209. The lowest BCUT2D eigenvalue weighted by Crippen LogP contribution is -2.52. The fraction of sp³-hybridized carbons (Fsp3) is 0.850. The van der Waals surface area contributed by atoms with Crippen LogP contribution in [0.4, 0.5) is 0 Å². The van der Waals surface area contributed by atoms with E-state index in [4.69, 9.17) is 84.9 Å². The van der Waals surface area contributed by atoms with Gasteiger partial charge in [0.2, 0.25) is 0 Å². The molecule has 3 N–H and O–H groups in total. The molecule has 1 aliphatic rings. The second kappa shape index (κ2) is 22.9. The average molecular weight is 583 g/mol. The van der Waals surface area contributed by atoms with E-state index in [9.17, 15) is 14.4 Å². The van der Waals surface area contributed by atoms with Gasteiger partial charge in [-0.2, -0.15) is 0 Å². The molecule has 0 saturated heterocycles. The van der Waals surface area contributed by atoms with Gasteiger partial charge in [0.05, 0.1) is 32.3 Å². The van der Waals surface area contributed by atoms with Gasteiger partial charge in [0.15, 0.2) is 0 Å². The van der Waals surface area contributed by atoms with Gasteiger partial charge in [0.25, 0.3) is 0 Å². The van der Waals surface area contributed by atoms with Crippen molar-refractivity contribution in [2.45, 2.75) is 104 Å². The Morgan fingerprint density at radius 3 is 0.969 bits per heavy atom. The van der Waals surface area contributed by atoms with Crippen LogP contribution in [0, 0.1) is 0 Å². The Morgan fingerprint density at radius 1 is 0.531 bits per heavy atom. The van der Waals surface area contributed by atoms with Gasteiger partial charge in [-0.3, -0.25) is 14.4 Å². The van der Waals surface area contributed by atoms with Gasteiger partial charge in [0, 0.05) is 19.3 Å². The fourth-order valence-electron chi connectivity index (χ4n) is 1.93. The van der Waals surface area contributed by atoms with E-state index in [0.29, 0.717) is 6.42 Å². The highest BCUT2D eigenvalue weighted by molar-refractivity contribution is 6.45. The van der Waals surface area contributed by atoms with Gasteiger partial charge < -0.3 is 15.3 Å². The number of alkyl halides is 6. The Morgan fingerprint density at radius 2 is 0.781 bits per heavy atom. The van der Waals surface area contributed by atoms with E-state index in [1.54, 1.807) is 13.8 Å². The van der Waals surface area contributed by atoms with Crippen LogP contribution in [0.3, 0.4) is 0 Å². The molecule has 0 atom stereocenters. The minimum Gasteiger partial charge on any atom is -0.481 e. The van der Waals surface area contributed by atoms with Crippen LogP contribution in [0.15, 0.2) is 0 Å². The smallest absolute Gasteiger partial charge is 0.303 e. The molecular formula is C20H34Cl6O6. The Kier molecular flexibility index (Phi) is 26.3. The second-order valence-corrected chi connectivity index (χ2v) is 9.74. The minimum absolute atomic E-state index is 0.222. The van der Waals surface area contributed by atoms with Crippen molar-refractivity contribution in [3.8, 4) is 0 Å². The minimum atomic E-state index is -0.745. The van der Waals surface area contributed by atoms with Crippen molar-refractivity contribution in [3.05, 3.63) is 0 Å². The summed E-state index contributed by atoms with van der Waals surface area (Å²) in [5.74, 6) is -2.16. The first kappa shape index (κ1) is 36.7. The molecule has 32 heavy (non-hydrogen) atoms. The molecule has 0 spiro atoms. The molecule has 0 unspecified atom stereocenters. The summed E-state index contributed by atoms with van der Waals surface area (Å²) < 4.78 is 0. The van der Waals surface area contributed by atoms with Crippen molar-refractivity contribution >= 4 is 87.5 Å². The van der Waals surface area contributed by atoms with Crippen LogP contribution >= 0.6 is 69.6 Å². The Bertz CT molecular complexity index is 438. The molecule has 1 rings (SSSR count). The summed E-state index contributed by atoms with van der Waals surface area (Å²) >= 11 is 35.3. The van der Waals surface area contributed by atoms with E-state index in [1.807, 2.05) is 0 Å². The number of rotatable bonds is 8. The predicted molar refractivity (Wildman–Crippen MR) is 135 cm³/mol. The summed E-state index contributed by atoms with van der Waals surface area (Å²) in [6, 6.07) is 0. The van der Waals surface area contributed by atoms with E-state index in [-0.39, 0.29) is 12.8 Å². The fourth-order valence-corrected chi connectivity index (χ4v) is 4.26. The summed E-state index contributed by atoms with van der Waals surface area (Å²) in [4.78, 5) is 28.8. The summed E-state index contributed by atoms with van der Waals surface area (Å²) in [6.45, 7) is 5.35. The van der Waals surface area contributed by atoms with Gasteiger partial charge in [-0.1, -0.05) is 46.5 Å². The number of aliphatic carboxylic acids is 3. The average Bonchev–Trinajstić information content (AvgIpc) is 2.75. The lowest BCUT2D eigenvalue weighted by Gasteiger charge is -2.37. The number of carbonyl (C=O) groups is 3. The van der Waals surface area contributed by atoms with E-state index in [2.05, 4.69) is 6.92 Å². The SMILES string of the molecule is CCC(=O)O.CCC(=O)O.CCCCCCCC(=O)O.ClC1C(Cl)C(Cl)C(Cl)C(Cl)C1Cl. The van der Waals surface area contributed by atoms with Crippen LogP contribution in [-0.2, 0) is 14.4 Å². The molecule has 0 bridgehead atoms. The second-order valence-electron chi connectivity index (χ2n) is 6.72. The van der Waals surface area contributed by atoms with Crippen LogP contribution < -0.4 is 0 Å². The molecule has 1 saturated carbocycles. The summed E-state index contributed by atoms with van der Waals surface area (Å²) in [6.07, 6.45) is 6.33. The molecule has 192 valence electrons. The van der Waals surface area contributed by atoms with Crippen molar-refractivity contribution in [1.82, 2.24) is 0 Å². The largest absolute Gasteiger partial charge is 0.481 e. The molecule has 0 aliphatic heterocycles. The normalized spacial score (nSPS) is 26.2. The number of carboxylic acids is 3. The number of hydrogen-bond acceptors (Lipinski definition) is 3. The van der Waals surface area contributed by atoms with Crippen LogP contribution in [0.5, 0.6) is 0 Å². The maximum Gasteiger partial charge on any atom is 0.303 e. The number of carboxylic acid groups (broad SMARTS) is 3. The Balaban J connectivity index is -0.000000379. The molecule has 6 nitrogen and oxygen atoms in total. The Labute approximate surface area is 220 Å². The maximum absolute atomic E-state index is 10.0. The zero-order chi connectivity index (χ0) is 25.9. The Hall–Kier alpha value is 0.150. The molecule has 1 fully saturated rings. The van der Waals surface area contributed by atoms with Gasteiger partial charge in [0.1, 0.15) is 0 Å².